The molecule has 0 spiro atoms. The van der Waals surface area contributed by atoms with E-state index in [1.54, 1.807) is 0 Å². The van der Waals surface area contributed by atoms with Crippen LogP contribution in [0.3, 0.4) is 0 Å². The average Bonchev–Trinajstić information content (AvgIpc) is 2.46. The van der Waals surface area contributed by atoms with E-state index in [0.29, 0.717) is 17.5 Å². The van der Waals surface area contributed by atoms with Crippen molar-refractivity contribution in [2.75, 3.05) is 4.90 Å². The second-order valence-corrected chi connectivity index (χ2v) is 4.07. The van der Waals surface area contributed by atoms with Crippen molar-refractivity contribution in [1.29, 1.82) is 0 Å². The SMILES string of the molecule is C[C@@H]1CCC(=O)N1c1cccc(Cl)c1. The fourth-order valence-electron chi connectivity index (χ4n) is 1.85. The number of carbonyl (C=O) groups excluding carboxylic acids is 1. The summed E-state index contributed by atoms with van der Waals surface area (Å²) >= 11 is 5.88. The van der Waals surface area contributed by atoms with Crippen molar-refractivity contribution in [3.8, 4) is 0 Å². The summed E-state index contributed by atoms with van der Waals surface area (Å²) < 4.78 is 0. The van der Waals surface area contributed by atoms with E-state index in [1.807, 2.05) is 29.2 Å². The van der Waals surface area contributed by atoms with Gasteiger partial charge in [0.1, 0.15) is 0 Å². The van der Waals surface area contributed by atoms with E-state index >= 15 is 0 Å². The second kappa shape index (κ2) is 3.62. The molecule has 1 fully saturated rings. The predicted molar refractivity (Wildman–Crippen MR) is 57.6 cm³/mol. The maximum absolute atomic E-state index is 11.6. The molecule has 74 valence electrons. The van der Waals surface area contributed by atoms with Gasteiger partial charge in [0, 0.05) is 23.2 Å². The Kier molecular flexibility index (Phi) is 2.46. The molecule has 1 aromatic rings. The molecule has 0 aromatic heterocycles. The van der Waals surface area contributed by atoms with Gasteiger partial charge in [-0.1, -0.05) is 17.7 Å². The first kappa shape index (κ1) is 9.53. The van der Waals surface area contributed by atoms with E-state index in [0.717, 1.165) is 12.1 Å². The smallest absolute Gasteiger partial charge is 0.227 e. The maximum Gasteiger partial charge on any atom is 0.227 e. The number of nitrogens with zero attached hydrogens (tertiary/aromatic N) is 1. The van der Waals surface area contributed by atoms with Crippen molar-refractivity contribution in [2.45, 2.75) is 25.8 Å². The van der Waals surface area contributed by atoms with Crippen LogP contribution in [0.1, 0.15) is 19.8 Å². The third-order valence-corrected chi connectivity index (χ3v) is 2.81. The molecule has 1 atom stereocenters. The summed E-state index contributed by atoms with van der Waals surface area (Å²) in [5.74, 6) is 0.194. The van der Waals surface area contributed by atoms with Gasteiger partial charge in [-0.15, -0.1) is 0 Å². The molecule has 1 aromatic carbocycles. The number of rotatable bonds is 1. The monoisotopic (exact) mass is 209 g/mol. The van der Waals surface area contributed by atoms with Gasteiger partial charge in [-0.25, -0.2) is 0 Å². The Hall–Kier alpha value is -1.02. The molecule has 2 rings (SSSR count). The van der Waals surface area contributed by atoms with Gasteiger partial charge in [0.15, 0.2) is 0 Å². The standard InChI is InChI=1S/C11H12ClNO/c1-8-5-6-11(14)13(8)10-4-2-3-9(12)7-10/h2-4,7-8H,5-6H2,1H3/t8-/m1/s1. The minimum atomic E-state index is 0.194. The number of benzene rings is 1. The van der Waals surface area contributed by atoms with Gasteiger partial charge in [0.25, 0.3) is 0 Å². The van der Waals surface area contributed by atoms with Crippen LogP contribution in [0.15, 0.2) is 24.3 Å². The van der Waals surface area contributed by atoms with Crippen molar-refractivity contribution in [3.05, 3.63) is 29.3 Å². The minimum absolute atomic E-state index is 0.194. The number of hydrogen-bond donors (Lipinski definition) is 0. The van der Waals surface area contributed by atoms with Crippen LogP contribution in [-0.4, -0.2) is 11.9 Å². The van der Waals surface area contributed by atoms with E-state index < -0.39 is 0 Å². The molecule has 0 N–H and O–H groups in total. The molecule has 1 saturated heterocycles. The number of halogens is 1. The zero-order valence-electron chi connectivity index (χ0n) is 8.03. The topological polar surface area (TPSA) is 20.3 Å². The summed E-state index contributed by atoms with van der Waals surface area (Å²) in [4.78, 5) is 13.4. The van der Waals surface area contributed by atoms with Crippen molar-refractivity contribution >= 4 is 23.2 Å². The molecule has 0 aliphatic carbocycles. The zero-order chi connectivity index (χ0) is 10.1. The lowest BCUT2D eigenvalue weighted by Crippen LogP contribution is -2.30. The Bertz CT molecular complexity index is 364. The van der Waals surface area contributed by atoms with E-state index in [4.69, 9.17) is 11.6 Å². The van der Waals surface area contributed by atoms with Crippen LogP contribution in [0.5, 0.6) is 0 Å². The third-order valence-electron chi connectivity index (χ3n) is 2.57. The lowest BCUT2D eigenvalue weighted by molar-refractivity contribution is -0.117. The highest BCUT2D eigenvalue weighted by Gasteiger charge is 2.28. The van der Waals surface area contributed by atoms with Crippen LogP contribution in [0.25, 0.3) is 0 Å². The molecule has 14 heavy (non-hydrogen) atoms. The zero-order valence-corrected chi connectivity index (χ0v) is 8.79. The maximum atomic E-state index is 11.6. The molecule has 0 saturated carbocycles. The highest BCUT2D eigenvalue weighted by molar-refractivity contribution is 6.30. The Labute approximate surface area is 88.5 Å². The first-order chi connectivity index (χ1) is 6.68. The van der Waals surface area contributed by atoms with E-state index in [2.05, 4.69) is 6.92 Å². The largest absolute Gasteiger partial charge is 0.310 e. The summed E-state index contributed by atoms with van der Waals surface area (Å²) in [6, 6.07) is 7.74. The molecule has 1 heterocycles. The van der Waals surface area contributed by atoms with Crippen molar-refractivity contribution in [2.24, 2.45) is 0 Å². The summed E-state index contributed by atoms with van der Waals surface area (Å²) in [5.41, 5.74) is 0.910. The number of hydrogen-bond acceptors (Lipinski definition) is 1. The van der Waals surface area contributed by atoms with Gasteiger partial charge < -0.3 is 4.90 Å². The molecule has 0 radical (unpaired) electrons. The molecule has 0 unspecified atom stereocenters. The van der Waals surface area contributed by atoms with Gasteiger partial charge in [-0.2, -0.15) is 0 Å². The van der Waals surface area contributed by atoms with Crippen molar-refractivity contribution in [3.63, 3.8) is 0 Å². The first-order valence-corrected chi connectivity index (χ1v) is 5.14. The fraction of sp³-hybridized carbons (Fsp3) is 0.364. The molecular formula is C11H12ClNO. The predicted octanol–water partition coefficient (Wildman–Crippen LogP) is 2.86. The van der Waals surface area contributed by atoms with E-state index in [1.165, 1.54) is 0 Å². The molecule has 3 heteroatoms. The highest BCUT2D eigenvalue weighted by atomic mass is 35.5. The molecule has 1 aliphatic rings. The molecular weight excluding hydrogens is 198 g/mol. The van der Waals surface area contributed by atoms with Crippen molar-refractivity contribution in [1.82, 2.24) is 0 Å². The lowest BCUT2D eigenvalue weighted by Gasteiger charge is -2.21. The van der Waals surface area contributed by atoms with Gasteiger partial charge in [-0.05, 0) is 31.5 Å². The Morgan fingerprint density at radius 3 is 2.86 bits per heavy atom. The summed E-state index contributed by atoms with van der Waals surface area (Å²) in [5, 5.41) is 0.675. The van der Waals surface area contributed by atoms with Crippen LogP contribution >= 0.6 is 11.6 Å². The highest BCUT2D eigenvalue weighted by Crippen LogP contribution is 2.27. The fourth-order valence-corrected chi connectivity index (χ4v) is 2.04. The average molecular weight is 210 g/mol. The summed E-state index contributed by atoms with van der Waals surface area (Å²) in [7, 11) is 0. The van der Waals surface area contributed by atoms with Crippen LogP contribution in [0, 0.1) is 0 Å². The quantitative estimate of drug-likeness (QED) is 0.697. The van der Waals surface area contributed by atoms with Gasteiger partial charge in [0.05, 0.1) is 0 Å². The van der Waals surface area contributed by atoms with Crippen LogP contribution < -0.4 is 4.90 Å². The summed E-state index contributed by atoms with van der Waals surface area (Å²) in [6.45, 7) is 2.06. The number of anilines is 1. The van der Waals surface area contributed by atoms with Crippen molar-refractivity contribution < 1.29 is 4.79 Å². The van der Waals surface area contributed by atoms with E-state index in [-0.39, 0.29) is 5.91 Å². The molecule has 0 bridgehead atoms. The van der Waals surface area contributed by atoms with Crippen LogP contribution in [0.2, 0.25) is 5.02 Å². The Morgan fingerprint density at radius 2 is 2.29 bits per heavy atom. The summed E-state index contributed by atoms with van der Waals surface area (Å²) in [6.07, 6.45) is 1.58. The second-order valence-electron chi connectivity index (χ2n) is 3.63. The minimum Gasteiger partial charge on any atom is -0.310 e. The van der Waals surface area contributed by atoms with Gasteiger partial charge in [0.2, 0.25) is 5.91 Å². The normalized spacial score (nSPS) is 21.7. The molecule has 1 aliphatic heterocycles. The lowest BCUT2D eigenvalue weighted by atomic mass is 10.2. The van der Waals surface area contributed by atoms with Crippen LogP contribution in [0.4, 0.5) is 5.69 Å². The third kappa shape index (κ3) is 1.62. The van der Waals surface area contributed by atoms with Gasteiger partial charge in [-0.3, -0.25) is 4.79 Å². The van der Waals surface area contributed by atoms with Crippen LogP contribution in [-0.2, 0) is 4.79 Å². The first-order valence-electron chi connectivity index (χ1n) is 4.76. The molecule has 1 amide bonds. The van der Waals surface area contributed by atoms with Gasteiger partial charge >= 0.3 is 0 Å². The van der Waals surface area contributed by atoms with E-state index in [9.17, 15) is 4.79 Å². The Balaban J connectivity index is 2.34. The number of carbonyl (C=O) groups is 1. The number of amides is 1. The Morgan fingerprint density at radius 1 is 1.50 bits per heavy atom. The molecule has 2 nitrogen and oxygen atoms in total.